The molecule has 0 radical (unpaired) electrons. The van der Waals surface area contributed by atoms with Gasteiger partial charge in [0.05, 0.1) is 39.5 Å². The van der Waals surface area contributed by atoms with Crippen molar-refractivity contribution in [3.63, 3.8) is 0 Å². The summed E-state index contributed by atoms with van der Waals surface area (Å²) in [6.45, 7) is 14.4. The van der Waals surface area contributed by atoms with E-state index >= 15 is 0 Å². The number of para-hydroxylation sites is 2. The standard InChI is InChI=1S/C46H60N2O12/c1-31(2)40(49)55-20-18-47-42(51)59-35(26-57-33-12-8-6-9-13-33)24-53-29-44(5)17-16-38-37(22-44)39-23-45(38)28-46(39,45)30-54-25-36(27-58-34-14-10-7-11-15-34)60-43(52)48-19-21-56-41(50)32(3)4/h6-15,35-39H,1,3,16-30H2,2,4-5H3,(H,47,51)(H,48,52). The van der Waals surface area contributed by atoms with Gasteiger partial charge < -0.3 is 48.5 Å². The predicted molar refractivity (Wildman–Crippen MR) is 220 cm³/mol. The predicted octanol–water partition coefficient (Wildman–Crippen LogP) is 6.44. The number of fused-ring (bicyclic) bond motifs is 2. The molecule has 8 unspecified atom stereocenters. The number of ether oxygens (including phenoxy) is 8. The molecular formula is C46H60N2O12. The highest BCUT2D eigenvalue weighted by Gasteiger charge is 2.88. The molecule has 2 N–H and O–H groups in total. The number of benzene rings is 2. The first-order chi connectivity index (χ1) is 28.8. The summed E-state index contributed by atoms with van der Waals surface area (Å²) in [6.07, 6.45) is 3.02. The Morgan fingerprint density at radius 3 is 1.70 bits per heavy atom. The molecule has 4 aliphatic carbocycles. The summed E-state index contributed by atoms with van der Waals surface area (Å²) >= 11 is 0. The van der Waals surface area contributed by atoms with Crippen LogP contribution in [-0.2, 0) is 38.0 Å². The summed E-state index contributed by atoms with van der Waals surface area (Å²) in [5, 5.41) is 5.25. The van der Waals surface area contributed by atoms with E-state index in [1.807, 2.05) is 60.7 Å². The topological polar surface area (TPSA) is 166 Å². The van der Waals surface area contributed by atoms with E-state index in [-0.39, 0.29) is 74.7 Å². The first-order valence-corrected chi connectivity index (χ1v) is 20.9. The Kier molecular flexibility index (Phi) is 14.8. The van der Waals surface area contributed by atoms with Crippen molar-refractivity contribution in [2.24, 2.45) is 34.0 Å². The van der Waals surface area contributed by atoms with E-state index in [2.05, 4.69) is 30.7 Å². The fourth-order valence-electron chi connectivity index (χ4n) is 9.72. The second-order valence-electron chi connectivity index (χ2n) is 17.1. The number of carbonyl (C=O) groups excluding carboxylic acids is 4. The van der Waals surface area contributed by atoms with Crippen molar-refractivity contribution in [3.05, 3.63) is 85.0 Å². The summed E-state index contributed by atoms with van der Waals surface area (Å²) in [5.41, 5.74) is 1.01. The summed E-state index contributed by atoms with van der Waals surface area (Å²) in [5.74, 6) is 2.09. The van der Waals surface area contributed by atoms with Crippen LogP contribution in [0.2, 0.25) is 0 Å². The maximum Gasteiger partial charge on any atom is 0.407 e. The van der Waals surface area contributed by atoms with Crippen LogP contribution in [0.3, 0.4) is 0 Å². The highest BCUT2D eigenvalue weighted by molar-refractivity contribution is 5.87. The lowest BCUT2D eigenvalue weighted by atomic mass is 9.66. The molecule has 6 rings (SSSR count). The van der Waals surface area contributed by atoms with Crippen molar-refractivity contribution in [3.8, 4) is 11.5 Å². The minimum Gasteiger partial charge on any atom is -0.490 e. The zero-order chi connectivity index (χ0) is 42.8. The summed E-state index contributed by atoms with van der Waals surface area (Å²) in [4.78, 5) is 48.7. The SMILES string of the molecule is C=C(C)C(=O)OCCNC(=O)OC(COCC1(C)CCC2C(C1)C1CC23CC13COCC(COc1ccccc1)OC(=O)NCCOC(=O)C(=C)C)COc1ccccc1. The van der Waals surface area contributed by atoms with E-state index in [0.29, 0.717) is 47.9 Å². The quantitative estimate of drug-likeness (QED) is 0.0516. The van der Waals surface area contributed by atoms with Crippen LogP contribution in [0.25, 0.3) is 0 Å². The average Bonchev–Trinajstić information content (AvgIpc) is 3.45. The molecule has 0 aromatic heterocycles. The Hall–Kier alpha value is -5.08. The Bertz CT molecular complexity index is 1830. The minimum atomic E-state index is -0.669. The number of amides is 2. The van der Waals surface area contributed by atoms with Crippen LogP contribution in [0.15, 0.2) is 85.0 Å². The highest BCUT2D eigenvalue weighted by Crippen LogP contribution is 2.93. The van der Waals surface area contributed by atoms with Gasteiger partial charge in [-0.15, -0.1) is 0 Å². The van der Waals surface area contributed by atoms with Crippen LogP contribution >= 0.6 is 0 Å². The van der Waals surface area contributed by atoms with Gasteiger partial charge in [-0.2, -0.15) is 0 Å². The lowest BCUT2D eigenvalue weighted by Gasteiger charge is -2.41. The summed E-state index contributed by atoms with van der Waals surface area (Å²) < 4.78 is 46.1. The summed E-state index contributed by atoms with van der Waals surface area (Å²) in [6, 6.07) is 18.7. The third-order valence-electron chi connectivity index (χ3n) is 12.6. The van der Waals surface area contributed by atoms with E-state index in [4.69, 9.17) is 37.9 Å². The van der Waals surface area contributed by atoms with Gasteiger partial charge in [0.25, 0.3) is 0 Å². The molecule has 0 saturated heterocycles. The number of carbonyl (C=O) groups is 4. The second-order valence-corrected chi connectivity index (χ2v) is 17.1. The molecule has 0 aliphatic heterocycles. The molecule has 14 heteroatoms. The van der Waals surface area contributed by atoms with E-state index in [0.717, 1.165) is 19.3 Å². The van der Waals surface area contributed by atoms with Crippen LogP contribution in [0.5, 0.6) is 11.5 Å². The van der Waals surface area contributed by atoms with Crippen molar-refractivity contribution in [2.45, 2.75) is 65.1 Å². The molecule has 2 amide bonds. The zero-order valence-corrected chi connectivity index (χ0v) is 35.1. The number of hydrogen-bond acceptors (Lipinski definition) is 12. The van der Waals surface area contributed by atoms with Crippen LogP contribution in [0, 0.1) is 34.0 Å². The molecule has 60 heavy (non-hydrogen) atoms. The molecular weight excluding hydrogens is 773 g/mol. The average molecular weight is 833 g/mol. The van der Waals surface area contributed by atoms with Gasteiger partial charge in [0.15, 0.2) is 12.2 Å². The highest BCUT2D eigenvalue weighted by atomic mass is 16.6. The van der Waals surface area contributed by atoms with Crippen molar-refractivity contribution in [1.29, 1.82) is 0 Å². The molecule has 326 valence electrons. The zero-order valence-electron chi connectivity index (χ0n) is 35.1. The first-order valence-electron chi connectivity index (χ1n) is 20.9. The maximum absolute atomic E-state index is 12.7. The van der Waals surface area contributed by atoms with Crippen LogP contribution in [0.1, 0.15) is 52.9 Å². The lowest BCUT2D eigenvalue weighted by molar-refractivity contribution is -0.139. The van der Waals surface area contributed by atoms with E-state index in [1.165, 1.54) is 12.8 Å². The smallest absolute Gasteiger partial charge is 0.407 e. The second kappa shape index (κ2) is 20.0. The minimum absolute atomic E-state index is 0.00163. The van der Waals surface area contributed by atoms with Gasteiger partial charge in [-0.1, -0.05) is 56.5 Å². The maximum atomic E-state index is 12.7. The van der Waals surface area contributed by atoms with Crippen LogP contribution in [-0.4, -0.2) is 102 Å². The van der Waals surface area contributed by atoms with Crippen LogP contribution < -0.4 is 20.1 Å². The first kappa shape index (κ1) is 44.5. The van der Waals surface area contributed by atoms with Crippen molar-refractivity contribution in [1.82, 2.24) is 10.6 Å². The number of esters is 2. The van der Waals surface area contributed by atoms with Crippen LogP contribution in [0.4, 0.5) is 9.59 Å². The number of rotatable bonds is 24. The van der Waals surface area contributed by atoms with Crippen molar-refractivity contribution < 1.29 is 57.1 Å². The number of hydrogen-bond donors (Lipinski definition) is 2. The fraction of sp³-hybridized carbons (Fsp3) is 0.565. The van der Waals surface area contributed by atoms with E-state index in [9.17, 15) is 19.2 Å². The third kappa shape index (κ3) is 11.0. The van der Waals surface area contributed by atoms with Crippen molar-refractivity contribution in [2.75, 3.05) is 65.9 Å². The molecule has 8 atom stereocenters. The largest absolute Gasteiger partial charge is 0.490 e. The van der Waals surface area contributed by atoms with Gasteiger partial charge in [-0.3, -0.25) is 0 Å². The lowest BCUT2D eigenvalue weighted by Crippen LogP contribution is -2.39. The number of nitrogens with one attached hydrogen (secondary N) is 2. The van der Waals surface area contributed by atoms with Gasteiger partial charge in [0.1, 0.15) is 37.9 Å². The summed E-state index contributed by atoms with van der Waals surface area (Å²) in [7, 11) is 0. The molecule has 2 aromatic carbocycles. The third-order valence-corrected chi connectivity index (χ3v) is 12.6. The van der Waals surface area contributed by atoms with Gasteiger partial charge >= 0.3 is 24.1 Å². The molecule has 2 aromatic rings. The van der Waals surface area contributed by atoms with Crippen molar-refractivity contribution >= 4 is 24.1 Å². The molecule has 2 bridgehead atoms. The molecule has 4 fully saturated rings. The molecule has 4 saturated carbocycles. The Labute approximate surface area is 352 Å². The Morgan fingerprint density at radius 1 is 0.700 bits per heavy atom. The molecule has 14 nitrogen and oxygen atoms in total. The van der Waals surface area contributed by atoms with Gasteiger partial charge in [-0.25, -0.2) is 19.2 Å². The Morgan fingerprint density at radius 2 is 1.20 bits per heavy atom. The molecule has 4 aliphatic rings. The normalized spacial score (nSPS) is 26.4. The molecule has 0 spiro atoms. The van der Waals surface area contributed by atoms with E-state index in [1.54, 1.807) is 13.8 Å². The van der Waals surface area contributed by atoms with Gasteiger partial charge in [0, 0.05) is 16.6 Å². The monoisotopic (exact) mass is 832 g/mol. The Balaban J connectivity index is 0.970. The number of alkyl carbamates (subject to hydrolysis) is 2. The van der Waals surface area contributed by atoms with Gasteiger partial charge in [-0.05, 0) is 98.8 Å². The van der Waals surface area contributed by atoms with Gasteiger partial charge in [0.2, 0.25) is 0 Å². The molecule has 0 heterocycles. The fourth-order valence-corrected chi connectivity index (χ4v) is 9.72. The van der Waals surface area contributed by atoms with E-state index < -0.39 is 36.3 Å².